The zero-order valence-electron chi connectivity index (χ0n) is 13.6. The molecule has 6 heteroatoms. The maximum atomic E-state index is 12.3. The maximum Gasteiger partial charge on any atom is 0.242 e. The predicted octanol–water partition coefficient (Wildman–Crippen LogP) is 2.62. The molecule has 0 spiro atoms. The van der Waals surface area contributed by atoms with Crippen LogP contribution in [0.1, 0.15) is 52.7 Å². The molecule has 0 aliphatic heterocycles. The minimum atomic E-state index is -3.43. The van der Waals surface area contributed by atoms with E-state index in [2.05, 4.69) is 35.8 Å². The van der Waals surface area contributed by atoms with Gasteiger partial charge in [0.05, 0.1) is 4.90 Å². The van der Waals surface area contributed by atoms with Gasteiger partial charge in [0.15, 0.2) is 0 Å². The lowest BCUT2D eigenvalue weighted by Gasteiger charge is -2.14. The average Bonchev–Trinajstić information content (AvgIpc) is 2.86. The summed E-state index contributed by atoms with van der Waals surface area (Å²) < 4.78 is 27.3. The van der Waals surface area contributed by atoms with Crippen LogP contribution in [0, 0.1) is 5.92 Å². The summed E-state index contributed by atoms with van der Waals surface area (Å²) in [4.78, 5) is 3.32. The number of sulfonamides is 1. The molecule has 1 aromatic heterocycles. The molecule has 0 saturated carbocycles. The second-order valence-electron chi connectivity index (χ2n) is 6.03. The van der Waals surface area contributed by atoms with Crippen LogP contribution in [-0.4, -0.2) is 26.0 Å². The molecule has 3 N–H and O–H groups in total. The third kappa shape index (κ3) is 6.63. The molecule has 1 aromatic rings. The summed E-state index contributed by atoms with van der Waals surface area (Å²) in [5.74, 6) is 0.584. The van der Waals surface area contributed by atoms with Crippen molar-refractivity contribution in [2.75, 3.05) is 6.54 Å². The van der Waals surface area contributed by atoms with E-state index in [0.29, 0.717) is 17.4 Å². The Kier molecular flexibility index (Phi) is 7.42. The standard InChI is InChI=1S/C15H29N3O2S/c1-5-8-16-10-14-9-15(11-17-14)21(19,20)18-13(4)7-6-12(2)3/h9,11-13,16-18H,5-8,10H2,1-4H3. The van der Waals surface area contributed by atoms with Crippen molar-refractivity contribution >= 4 is 10.0 Å². The highest BCUT2D eigenvalue weighted by atomic mass is 32.2. The number of rotatable bonds is 10. The SMILES string of the molecule is CCCNCc1cc(S(=O)(=O)NC(C)CCC(C)C)c[nH]1. The molecule has 0 aliphatic carbocycles. The van der Waals surface area contributed by atoms with Crippen LogP contribution < -0.4 is 10.0 Å². The van der Waals surface area contributed by atoms with Crippen LogP contribution in [0.25, 0.3) is 0 Å². The Hall–Kier alpha value is -0.850. The van der Waals surface area contributed by atoms with Crippen molar-refractivity contribution in [3.8, 4) is 0 Å². The predicted molar refractivity (Wildman–Crippen MR) is 86.6 cm³/mol. The molecule has 21 heavy (non-hydrogen) atoms. The fraction of sp³-hybridized carbons (Fsp3) is 0.733. The number of H-pyrrole nitrogens is 1. The van der Waals surface area contributed by atoms with Crippen molar-refractivity contribution in [3.63, 3.8) is 0 Å². The summed E-state index contributed by atoms with van der Waals surface area (Å²) in [6.07, 6.45) is 4.48. The average molecular weight is 315 g/mol. The fourth-order valence-corrected chi connectivity index (χ4v) is 3.35. The molecule has 1 unspecified atom stereocenters. The van der Waals surface area contributed by atoms with Crippen LogP contribution in [0.5, 0.6) is 0 Å². The van der Waals surface area contributed by atoms with Gasteiger partial charge in [-0.05, 0) is 44.7 Å². The van der Waals surface area contributed by atoms with Crippen molar-refractivity contribution in [1.29, 1.82) is 0 Å². The van der Waals surface area contributed by atoms with E-state index in [0.717, 1.165) is 31.5 Å². The highest BCUT2D eigenvalue weighted by Gasteiger charge is 2.18. The quantitative estimate of drug-likeness (QED) is 0.581. The molecule has 0 aromatic carbocycles. The normalized spacial score (nSPS) is 13.8. The Morgan fingerprint density at radius 2 is 1.95 bits per heavy atom. The lowest BCUT2D eigenvalue weighted by molar-refractivity contribution is 0.485. The highest BCUT2D eigenvalue weighted by Crippen LogP contribution is 2.13. The molecule has 5 nitrogen and oxygen atoms in total. The van der Waals surface area contributed by atoms with Gasteiger partial charge in [0.1, 0.15) is 0 Å². The van der Waals surface area contributed by atoms with Crippen molar-refractivity contribution in [2.45, 2.75) is 64.4 Å². The second kappa shape index (κ2) is 8.56. The van der Waals surface area contributed by atoms with Crippen LogP contribution in [0.4, 0.5) is 0 Å². The Morgan fingerprint density at radius 1 is 1.24 bits per heavy atom. The number of aromatic amines is 1. The Labute approximate surface area is 129 Å². The van der Waals surface area contributed by atoms with Crippen LogP contribution in [0.2, 0.25) is 0 Å². The molecule has 0 fully saturated rings. The van der Waals surface area contributed by atoms with Gasteiger partial charge in [0, 0.05) is 24.5 Å². The van der Waals surface area contributed by atoms with E-state index in [-0.39, 0.29) is 6.04 Å². The topological polar surface area (TPSA) is 74.0 Å². The van der Waals surface area contributed by atoms with Gasteiger partial charge in [-0.1, -0.05) is 20.8 Å². The van der Waals surface area contributed by atoms with Crippen LogP contribution in [0.15, 0.2) is 17.2 Å². The summed E-state index contributed by atoms with van der Waals surface area (Å²) in [5, 5.41) is 3.24. The first-order valence-electron chi connectivity index (χ1n) is 7.75. The first-order chi connectivity index (χ1) is 9.85. The molecule has 122 valence electrons. The lowest BCUT2D eigenvalue weighted by Crippen LogP contribution is -2.32. The van der Waals surface area contributed by atoms with Gasteiger partial charge in [0.25, 0.3) is 0 Å². The van der Waals surface area contributed by atoms with E-state index in [1.165, 1.54) is 0 Å². The molecule has 1 heterocycles. The van der Waals surface area contributed by atoms with E-state index in [4.69, 9.17) is 0 Å². The number of hydrogen-bond donors (Lipinski definition) is 3. The minimum absolute atomic E-state index is 0.0473. The third-order valence-electron chi connectivity index (χ3n) is 3.30. The Bertz CT molecular complexity index is 509. The molecule has 1 rings (SSSR count). The van der Waals surface area contributed by atoms with Crippen molar-refractivity contribution < 1.29 is 8.42 Å². The molecule has 0 bridgehead atoms. The smallest absolute Gasteiger partial charge is 0.242 e. The summed E-state index contributed by atoms with van der Waals surface area (Å²) in [7, 11) is -3.43. The molecule has 1 atom stereocenters. The van der Waals surface area contributed by atoms with Gasteiger partial charge >= 0.3 is 0 Å². The van der Waals surface area contributed by atoms with E-state index in [1.54, 1.807) is 12.3 Å². The van der Waals surface area contributed by atoms with E-state index < -0.39 is 10.0 Å². The highest BCUT2D eigenvalue weighted by molar-refractivity contribution is 7.89. The second-order valence-corrected chi connectivity index (χ2v) is 7.74. The monoisotopic (exact) mass is 315 g/mol. The van der Waals surface area contributed by atoms with Gasteiger partial charge < -0.3 is 10.3 Å². The molecule has 0 amide bonds. The molecule has 0 aliphatic rings. The molecule has 0 radical (unpaired) electrons. The van der Waals surface area contributed by atoms with Crippen molar-refractivity contribution in [2.24, 2.45) is 5.92 Å². The van der Waals surface area contributed by atoms with E-state index >= 15 is 0 Å². The van der Waals surface area contributed by atoms with Crippen molar-refractivity contribution in [1.82, 2.24) is 15.0 Å². The summed E-state index contributed by atoms with van der Waals surface area (Å²) in [6.45, 7) is 9.88. The van der Waals surface area contributed by atoms with Gasteiger partial charge in [-0.15, -0.1) is 0 Å². The van der Waals surface area contributed by atoms with E-state index in [1.807, 2.05) is 6.92 Å². The van der Waals surface area contributed by atoms with E-state index in [9.17, 15) is 8.42 Å². The third-order valence-corrected chi connectivity index (χ3v) is 4.87. The molecule has 0 saturated heterocycles. The van der Waals surface area contributed by atoms with Gasteiger partial charge in [0.2, 0.25) is 10.0 Å². The summed E-state index contributed by atoms with van der Waals surface area (Å²) in [6, 6.07) is 1.65. The summed E-state index contributed by atoms with van der Waals surface area (Å²) >= 11 is 0. The van der Waals surface area contributed by atoms with Gasteiger partial charge in [-0.25, -0.2) is 13.1 Å². The number of hydrogen-bond acceptors (Lipinski definition) is 3. The van der Waals surface area contributed by atoms with Crippen LogP contribution in [-0.2, 0) is 16.6 Å². The minimum Gasteiger partial charge on any atom is -0.363 e. The Morgan fingerprint density at radius 3 is 2.57 bits per heavy atom. The zero-order valence-corrected chi connectivity index (χ0v) is 14.4. The van der Waals surface area contributed by atoms with Crippen LogP contribution >= 0.6 is 0 Å². The maximum absolute atomic E-state index is 12.3. The largest absolute Gasteiger partial charge is 0.363 e. The van der Waals surface area contributed by atoms with Gasteiger partial charge in [-0.3, -0.25) is 0 Å². The first kappa shape index (κ1) is 18.2. The lowest BCUT2D eigenvalue weighted by atomic mass is 10.1. The fourth-order valence-electron chi connectivity index (χ4n) is 2.05. The first-order valence-corrected chi connectivity index (χ1v) is 9.23. The molecular formula is C15H29N3O2S. The number of nitrogens with one attached hydrogen (secondary N) is 3. The summed E-state index contributed by atoms with van der Waals surface area (Å²) in [5.41, 5.74) is 0.888. The van der Waals surface area contributed by atoms with Gasteiger partial charge in [-0.2, -0.15) is 0 Å². The van der Waals surface area contributed by atoms with Crippen molar-refractivity contribution in [3.05, 3.63) is 18.0 Å². The number of aromatic nitrogens is 1. The Balaban J connectivity index is 2.57. The zero-order chi connectivity index (χ0) is 15.9. The molecular weight excluding hydrogens is 286 g/mol. The van der Waals surface area contributed by atoms with Crippen LogP contribution in [0.3, 0.4) is 0 Å².